The number of fused-ring (bicyclic) bond motifs is 1. The van der Waals surface area contributed by atoms with Gasteiger partial charge in [-0.15, -0.1) is 0 Å². The highest BCUT2D eigenvalue weighted by Gasteiger charge is 2.22. The zero-order chi connectivity index (χ0) is 19.3. The van der Waals surface area contributed by atoms with E-state index in [1.807, 2.05) is 33.9 Å². The third kappa shape index (κ3) is 2.95. The van der Waals surface area contributed by atoms with Gasteiger partial charge < -0.3 is 0 Å². The number of hydrogen-bond acceptors (Lipinski definition) is 0. The van der Waals surface area contributed by atoms with E-state index in [-0.39, 0.29) is 11.7 Å². The van der Waals surface area contributed by atoms with Gasteiger partial charge in [0, 0.05) is 13.0 Å². The molecule has 0 fully saturated rings. The third-order valence-corrected chi connectivity index (χ3v) is 5.23. The molecule has 1 aromatic heterocycles. The number of pyridine rings is 1. The molecule has 25 heavy (non-hydrogen) atoms. The van der Waals surface area contributed by atoms with Crippen LogP contribution in [0.5, 0.6) is 0 Å². The van der Waals surface area contributed by atoms with Crippen LogP contribution in [0.15, 0.2) is 30.3 Å². The van der Waals surface area contributed by atoms with Crippen LogP contribution in [0.25, 0.3) is 22.0 Å². The lowest BCUT2D eigenvalue weighted by molar-refractivity contribution is -0.665. The summed E-state index contributed by atoms with van der Waals surface area (Å²) in [6.07, 6.45) is 0. The van der Waals surface area contributed by atoms with Crippen molar-refractivity contribution < 1.29 is 10.3 Å². The largest absolute Gasteiger partial charge is 0.220 e. The Balaban J connectivity index is 2.55. The molecule has 0 spiro atoms. The fourth-order valence-electron chi connectivity index (χ4n) is 3.57. The monoisotopic (exact) mass is 337 g/mol. The second kappa shape index (κ2) is 6.25. The van der Waals surface area contributed by atoms with Gasteiger partial charge in [-0.2, -0.15) is 4.57 Å². The summed E-state index contributed by atoms with van der Waals surface area (Å²) in [4.78, 5) is 0. The number of benzene rings is 2. The van der Waals surface area contributed by atoms with Gasteiger partial charge in [-0.1, -0.05) is 25.5 Å². The molecule has 2 heteroatoms. The van der Waals surface area contributed by atoms with Crippen LogP contribution in [-0.2, 0) is 7.05 Å². The van der Waals surface area contributed by atoms with Crippen LogP contribution in [0.2, 0.25) is 0 Å². The molecule has 0 radical (unpaired) electrons. The maximum absolute atomic E-state index is 14.6. The summed E-state index contributed by atoms with van der Waals surface area (Å²) in [6.45, 7) is 12.3. The predicted octanol–water partition coefficient (Wildman–Crippen LogP) is 5.83. The maximum atomic E-state index is 14.6. The lowest BCUT2D eigenvalue weighted by Gasteiger charge is -2.15. The van der Waals surface area contributed by atoms with Crippen molar-refractivity contribution in [3.05, 3.63) is 64.1 Å². The standard InChI is InChI=1S/C23H27FN/c1-13(2)19-12-21-18(11-22(19)24)10-16(5)25(7)23(21)20-9-14(3)8-15(4)17(20)6/h8-13H,1-7H3/q+1/i10D. The van der Waals surface area contributed by atoms with E-state index in [1.165, 1.54) is 16.7 Å². The van der Waals surface area contributed by atoms with E-state index in [2.05, 4.69) is 37.5 Å². The smallest absolute Gasteiger partial charge is 0.207 e. The van der Waals surface area contributed by atoms with E-state index in [0.29, 0.717) is 17.0 Å². The summed E-state index contributed by atoms with van der Waals surface area (Å²) < 4.78 is 25.2. The second-order valence-electron chi connectivity index (χ2n) is 7.45. The van der Waals surface area contributed by atoms with E-state index in [9.17, 15) is 4.39 Å². The molecule has 0 atom stereocenters. The van der Waals surface area contributed by atoms with Gasteiger partial charge in [0.1, 0.15) is 12.9 Å². The van der Waals surface area contributed by atoms with Crippen LogP contribution < -0.4 is 4.57 Å². The molecule has 0 bridgehead atoms. The topological polar surface area (TPSA) is 3.88 Å². The first-order valence-corrected chi connectivity index (χ1v) is 8.84. The average Bonchev–Trinajstić information content (AvgIpc) is 2.57. The molecule has 3 rings (SSSR count). The van der Waals surface area contributed by atoms with Gasteiger partial charge in [0.15, 0.2) is 5.69 Å². The Morgan fingerprint density at radius 3 is 2.36 bits per heavy atom. The second-order valence-corrected chi connectivity index (χ2v) is 7.45. The van der Waals surface area contributed by atoms with Crippen molar-refractivity contribution in [2.24, 2.45) is 7.05 Å². The summed E-state index contributed by atoms with van der Waals surface area (Å²) in [5.41, 5.74) is 7.41. The molecule has 130 valence electrons. The minimum absolute atomic E-state index is 0.0911. The normalized spacial score (nSPS) is 12.1. The molecule has 0 aliphatic rings. The molecule has 0 N–H and O–H groups in total. The van der Waals surface area contributed by atoms with Crippen LogP contribution >= 0.6 is 0 Å². The molecule has 3 aromatic rings. The van der Waals surface area contributed by atoms with E-state index in [0.717, 1.165) is 22.3 Å². The molecule has 2 aromatic carbocycles. The van der Waals surface area contributed by atoms with Gasteiger partial charge >= 0.3 is 0 Å². The molecule has 0 aliphatic heterocycles. The Morgan fingerprint density at radius 2 is 1.72 bits per heavy atom. The summed E-state index contributed by atoms with van der Waals surface area (Å²) in [5, 5.41) is 1.62. The fraction of sp³-hybridized carbons (Fsp3) is 0.348. The zero-order valence-electron chi connectivity index (χ0n) is 17.2. The van der Waals surface area contributed by atoms with Crippen molar-refractivity contribution in [2.75, 3.05) is 0 Å². The molecule has 0 saturated carbocycles. The number of aromatic nitrogens is 1. The summed E-state index contributed by atoms with van der Waals surface area (Å²) in [6, 6.07) is 8.26. The lowest BCUT2D eigenvalue weighted by atomic mass is 9.92. The minimum atomic E-state index is -0.225. The summed E-state index contributed by atoms with van der Waals surface area (Å²) >= 11 is 0. The number of halogens is 1. The quantitative estimate of drug-likeness (QED) is 0.518. The van der Waals surface area contributed by atoms with Crippen molar-refractivity contribution in [3.8, 4) is 11.3 Å². The van der Waals surface area contributed by atoms with Gasteiger partial charge in [-0.3, -0.25) is 0 Å². The van der Waals surface area contributed by atoms with Crippen LogP contribution in [0, 0.1) is 33.5 Å². The highest BCUT2D eigenvalue weighted by Crippen LogP contribution is 2.33. The summed E-state index contributed by atoms with van der Waals surface area (Å²) in [5.74, 6) is -0.134. The SMILES string of the molecule is [2H]c1c(C)[n+](C)c(-c2cc(C)cc(C)c2C)c2cc(C(C)C)c(F)cc12. The zero-order valence-corrected chi connectivity index (χ0v) is 16.2. The third-order valence-electron chi connectivity index (χ3n) is 5.23. The molecule has 0 amide bonds. The Morgan fingerprint density at radius 1 is 1.04 bits per heavy atom. The van der Waals surface area contributed by atoms with E-state index >= 15 is 0 Å². The van der Waals surface area contributed by atoms with Crippen LogP contribution in [0.1, 0.15) is 49.1 Å². The van der Waals surface area contributed by atoms with Gasteiger partial charge in [-0.05, 0) is 67.0 Å². The first-order chi connectivity index (χ1) is 12.1. The summed E-state index contributed by atoms with van der Waals surface area (Å²) in [7, 11) is 2.00. The first kappa shape index (κ1) is 16.3. The van der Waals surface area contributed by atoms with Crippen molar-refractivity contribution in [1.29, 1.82) is 0 Å². The first-order valence-electron chi connectivity index (χ1n) is 9.34. The van der Waals surface area contributed by atoms with E-state index < -0.39 is 0 Å². The molecule has 1 heterocycles. The fourth-order valence-corrected chi connectivity index (χ4v) is 3.57. The van der Waals surface area contributed by atoms with Crippen molar-refractivity contribution in [1.82, 2.24) is 0 Å². The van der Waals surface area contributed by atoms with E-state index in [4.69, 9.17) is 1.37 Å². The van der Waals surface area contributed by atoms with Crippen molar-refractivity contribution >= 4 is 10.8 Å². The Labute approximate surface area is 151 Å². The van der Waals surface area contributed by atoms with Crippen molar-refractivity contribution in [2.45, 2.75) is 47.5 Å². The van der Waals surface area contributed by atoms with Gasteiger partial charge in [0.25, 0.3) is 0 Å². The number of hydrogen-bond donors (Lipinski definition) is 0. The highest BCUT2D eigenvalue weighted by molar-refractivity contribution is 5.94. The predicted molar refractivity (Wildman–Crippen MR) is 104 cm³/mol. The molecule has 1 nitrogen and oxygen atoms in total. The van der Waals surface area contributed by atoms with Gasteiger partial charge in [0.05, 0.1) is 12.3 Å². The molecule has 0 aliphatic carbocycles. The number of nitrogens with zero attached hydrogens (tertiary/aromatic N) is 1. The number of rotatable bonds is 2. The van der Waals surface area contributed by atoms with Gasteiger partial charge in [-0.25, -0.2) is 4.39 Å². The Hall–Kier alpha value is -2.22. The molecular weight excluding hydrogens is 309 g/mol. The van der Waals surface area contributed by atoms with E-state index in [1.54, 1.807) is 6.07 Å². The van der Waals surface area contributed by atoms with Crippen LogP contribution in [0.3, 0.4) is 0 Å². The highest BCUT2D eigenvalue weighted by atomic mass is 19.1. The van der Waals surface area contributed by atoms with Crippen LogP contribution in [0.4, 0.5) is 4.39 Å². The molecule has 0 unspecified atom stereocenters. The molecule has 0 saturated heterocycles. The maximum Gasteiger partial charge on any atom is 0.220 e. The lowest BCUT2D eigenvalue weighted by Crippen LogP contribution is -2.35. The van der Waals surface area contributed by atoms with Crippen LogP contribution in [-0.4, -0.2) is 0 Å². The average molecular weight is 337 g/mol. The number of aryl methyl sites for hydroxylation is 2. The molecular formula is C23H27FN+. The van der Waals surface area contributed by atoms with Gasteiger partial charge in [0.2, 0.25) is 5.69 Å². The van der Waals surface area contributed by atoms with Crippen molar-refractivity contribution in [3.63, 3.8) is 0 Å². The Bertz CT molecular complexity index is 1030. The Kier molecular flexibility index (Phi) is 4.07. The minimum Gasteiger partial charge on any atom is -0.207 e.